The number of allylic oxidation sites excluding steroid dienone is 6. The first kappa shape index (κ1) is 10.0. The number of halogens is 4. The zero-order valence-electron chi connectivity index (χ0n) is 6.90. The molecule has 1 rings (SSSR count). The van der Waals surface area contributed by atoms with Gasteiger partial charge in [-0.15, -0.1) is 0 Å². The lowest BCUT2D eigenvalue weighted by molar-refractivity contribution is -0.0882. The van der Waals surface area contributed by atoms with Crippen LogP contribution in [0.1, 0.15) is 6.92 Å². The highest BCUT2D eigenvalue weighted by Crippen LogP contribution is 2.29. The Bertz CT molecular complexity index is 280. The molecule has 0 aromatic carbocycles. The Morgan fingerprint density at radius 1 is 1.31 bits per heavy atom. The zero-order valence-corrected chi connectivity index (χ0v) is 6.90. The smallest absolute Gasteiger partial charge is 0.238 e. The fourth-order valence-electron chi connectivity index (χ4n) is 0.958. The van der Waals surface area contributed by atoms with Gasteiger partial charge in [-0.3, -0.25) is 0 Å². The Hall–Kier alpha value is -1.06. The average Bonchev–Trinajstić information content (AvgIpc) is 2.13. The lowest BCUT2D eigenvalue weighted by Gasteiger charge is -2.07. The standard InChI is InChI=1S/C9H8F4/c1-6-5-7(9(11,12)13)3-2-4-8(6)10/h2-5,8H,1H3. The second-order valence-electron chi connectivity index (χ2n) is 2.79. The van der Waals surface area contributed by atoms with Crippen molar-refractivity contribution >= 4 is 0 Å². The van der Waals surface area contributed by atoms with E-state index in [1.165, 1.54) is 6.92 Å². The van der Waals surface area contributed by atoms with Crippen LogP contribution < -0.4 is 0 Å². The molecule has 1 atom stereocenters. The molecule has 1 unspecified atom stereocenters. The van der Waals surface area contributed by atoms with Crippen LogP contribution in [-0.2, 0) is 0 Å². The first-order chi connectivity index (χ1) is 5.91. The minimum Gasteiger partial charge on any atom is -0.238 e. The van der Waals surface area contributed by atoms with E-state index in [1.54, 1.807) is 0 Å². The molecule has 0 saturated heterocycles. The molecule has 0 aliphatic heterocycles. The zero-order chi connectivity index (χ0) is 10.1. The van der Waals surface area contributed by atoms with Crippen molar-refractivity contribution < 1.29 is 17.6 Å². The predicted octanol–water partition coefficient (Wildman–Crippen LogP) is 3.33. The number of alkyl halides is 4. The summed E-state index contributed by atoms with van der Waals surface area (Å²) in [7, 11) is 0. The third-order valence-electron chi connectivity index (χ3n) is 1.70. The number of hydrogen-bond donors (Lipinski definition) is 0. The van der Waals surface area contributed by atoms with Crippen molar-refractivity contribution in [2.75, 3.05) is 0 Å². The lowest BCUT2D eigenvalue weighted by Crippen LogP contribution is -2.10. The van der Waals surface area contributed by atoms with Crippen molar-refractivity contribution in [3.63, 3.8) is 0 Å². The number of hydrogen-bond acceptors (Lipinski definition) is 0. The Kier molecular flexibility index (Phi) is 2.59. The molecule has 0 fully saturated rings. The van der Waals surface area contributed by atoms with Gasteiger partial charge in [-0.25, -0.2) is 4.39 Å². The van der Waals surface area contributed by atoms with Crippen LogP contribution in [0.3, 0.4) is 0 Å². The normalized spacial score (nSPS) is 23.6. The molecule has 0 nitrogen and oxygen atoms in total. The van der Waals surface area contributed by atoms with Gasteiger partial charge in [0.15, 0.2) is 0 Å². The van der Waals surface area contributed by atoms with Crippen LogP contribution in [-0.4, -0.2) is 12.3 Å². The molecular formula is C9H8F4. The van der Waals surface area contributed by atoms with E-state index in [1.807, 2.05) is 0 Å². The molecule has 0 bridgehead atoms. The molecule has 0 heterocycles. The summed E-state index contributed by atoms with van der Waals surface area (Å²) in [6.45, 7) is 1.33. The van der Waals surface area contributed by atoms with Gasteiger partial charge in [0.1, 0.15) is 6.17 Å². The highest BCUT2D eigenvalue weighted by molar-refractivity contribution is 5.36. The molecular weight excluding hydrogens is 184 g/mol. The van der Waals surface area contributed by atoms with Crippen molar-refractivity contribution in [2.45, 2.75) is 19.3 Å². The fourth-order valence-corrected chi connectivity index (χ4v) is 0.958. The van der Waals surface area contributed by atoms with Gasteiger partial charge in [-0.2, -0.15) is 13.2 Å². The van der Waals surface area contributed by atoms with E-state index in [9.17, 15) is 17.6 Å². The van der Waals surface area contributed by atoms with Gasteiger partial charge in [-0.05, 0) is 24.6 Å². The van der Waals surface area contributed by atoms with Gasteiger partial charge in [0.05, 0.1) is 5.57 Å². The lowest BCUT2D eigenvalue weighted by atomic mass is 10.1. The second kappa shape index (κ2) is 3.36. The first-order valence-corrected chi connectivity index (χ1v) is 3.69. The van der Waals surface area contributed by atoms with Crippen LogP contribution in [0.15, 0.2) is 35.5 Å². The monoisotopic (exact) mass is 192 g/mol. The van der Waals surface area contributed by atoms with E-state index in [-0.39, 0.29) is 5.57 Å². The maximum absolute atomic E-state index is 12.8. The molecule has 1 aliphatic carbocycles. The van der Waals surface area contributed by atoms with Crippen LogP contribution in [0.2, 0.25) is 0 Å². The first-order valence-electron chi connectivity index (χ1n) is 3.69. The quantitative estimate of drug-likeness (QED) is 0.516. The van der Waals surface area contributed by atoms with Gasteiger partial charge >= 0.3 is 6.18 Å². The van der Waals surface area contributed by atoms with Crippen molar-refractivity contribution in [3.8, 4) is 0 Å². The molecule has 0 radical (unpaired) electrons. The highest BCUT2D eigenvalue weighted by atomic mass is 19.4. The van der Waals surface area contributed by atoms with E-state index in [0.717, 1.165) is 24.3 Å². The van der Waals surface area contributed by atoms with Crippen molar-refractivity contribution in [3.05, 3.63) is 35.5 Å². The summed E-state index contributed by atoms with van der Waals surface area (Å²) < 4.78 is 49.3. The van der Waals surface area contributed by atoms with Crippen molar-refractivity contribution in [2.24, 2.45) is 0 Å². The van der Waals surface area contributed by atoms with E-state index >= 15 is 0 Å². The topological polar surface area (TPSA) is 0 Å². The molecule has 0 aromatic heterocycles. The van der Waals surface area contributed by atoms with Crippen LogP contribution in [0.4, 0.5) is 17.6 Å². The van der Waals surface area contributed by atoms with Crippen LogP contribution in [0, 0.1) is 0 Å². The van der Waals surface area contributed by atoms with E-state index < -0.39 is 17.9 Å². The summed E-state index contributed by atoms with van der Waals surface area (Å²) in [6.07, 6.45) is -1.97. The predicted molar refractivity (Wildman–Crippen MR) is 41.9 cm³/mol. The van der Waals surface area contributed by atoms with Crippen LogP contribution in [0.5, 0.6) is 0 Å². The molecule has 0 amide bonds. The van der Waals surface area contributed by atoms with Crippen molar-refractivity contribution in [1.29, 1.82) is 0 Å². The maximum atomic E-state index is 12.8. The molecule has 0 N–H and O–H groups in total. The Morgan fingerprint density at radius 2 is 1.92 bits per heavy atom. The maximum Gasteiger partial charge on any atom is 0.416 e. The Labute approximate surface area is 73.2 Å². The minimum absolute atomic E-state index is 0.0670. The van der Waals surface area contributed by atoms with E-state index in [0.29, 0.717) is 0 Å². The highest BCUT2D eigenvalue weighted by Gasteiger charge is 2.32. The largest absolute Gasteiger partial charge is 0.416 e. The molecule has 1 aliphatic rings. The van der Waals surface area contributed by atoms with E-state index in [4.69, 9.17) is 0 Å². The fraction of sp³-hybridized carbons (Fsp3) is 0.333. The third-order valence-corrected chi connectivity index (χ3v) is 1.70. The van der Waals surface area contributed by atoms with Gasteiger partial charge in [0.25, 0.3) is 0 Å². The van der Waals surface area contributed by atoms with Gasteiger partial charge in [0, 0.05) is 0 Å². The minimum atomic E-state index is -4.41. The van der Waals surface area contributed by atoms with Gasteiger partial charge in [-0.1, -0.05) is 12.2 Å². The molecule has 4 heteroatoms. The molecule has 0 aromatic rings. The summed E-state index contributed by atoms with van der Waals surface area (Å²) in [5, 5.41) is 0. The second-order valence-corrected chi connectivity index (χ2v) is 2.79. The summed E-state index contributed by atoms with van der Waals surface area (Å²) in [5.74, 6) is 0. The van der Waals surface area contributed by atoms with E-state index in [2.05, 4.69) is 0 Å². The average molecular weight is 192 g/mol. The molecule has 72 valence electrons. The SMILES string of the molecule is CC1=CC(C(F)(F)F)=CC=CC1F. The van der Waals surface area contributed by atoms with Crippen LogP contribution in [0.25, 0.3) is 0 Å². The Balaban J connectivity index is 3.02. The summed E-state index contributed by atoms with van der Waals surface area (Å²) in [4.78, 5) is 0. The summed E-state index contributed by atoms with van der Waals surface area (Å²) in [5.41, 5.74) is -0.751. The van der Waals surface area contributed by atoms with Gasteiger partial charge in [0.2, 0.25) is 0 Å². The summed E-state index contributed by atoms with van der Waals surface area (Å²) in [6, 6.07) is 0. The van der Waals surface area contributed by atoms with Crippen LogP contribution >= 0.6 is 0 Å². The summed E-state index contributed by atoms with van der Waals surface area (Å²) >= 11 is 0. The van der Waals surface area contributed by atoms with Crippen molar-refractivity contribution in [1.82, 2.24) is 0 Å². The Morgan fingerprint density at radius 3 is 2.46 bits per heavy atom. The molecule has 13 heavy (non-hydrogen) atoms. The van der Waals surface area contributed by atoms with Gasteiger partial charge < -0.3 is 0 Å². The molecule has 0 spiro atoms. The molecule has 0 saturated carbocycles. The number of rotatable bonds is 0. The third kappa shape index (κ3) is 2.44.